The van der Waals surface area contributed by atoms with Gasteiger partial charge in [-0.15, -0.1) is 0 Å². The molecule has 0 saturated carbocycles. The minimum absolute atomic E-state index is 0.0690. The van der Waals surface area contributed by atoms with Crippen molar-refractivity contribution in [1.82, 2.24) is 9.21 Å². The standard InChI is InChI=1S/C18H16BrF3N2O3S/c19-15-5-2-6-16(12-15)28(26,27)24-9-7-23(8-10-24)17(25)13-3-1-4-14(11-13)18(20,21)22/h1-6,11-12H,7-10H2. The number of amides is 1. The largest absolute Gasteiger partial charge is 0.416 e. The summed E-state index contributed by atoms with van der Waals surface area (Å²) in [7, 11) is -3.71. The Hall–Kier alpha value is -1.91. The van der Waals surface area contributed by atoms with E-state index in [2.05, 4.69) is 15.9 Å². The highest BCUT2D eigenvalue weighted by atomic mass is 79.9. The Balaban J connectivity index is 1.71. The van der Waals surface area contributed by atoms with Crippen molar-refractivity contribution in [2.24, 2.45) is 0 Å². The van der Waals surface area contributed by atoms with E-state index >= 15 is 0 Å². The highest BCUT2D eigenvalue weighted by Crippen LogP contribution is 2.30. The van der Waals surface area contributed by atoms with Gasteiger partial charge < -0.3 is 4.90 Å². The number of hydrogen-bond acceptors (Lipinski definition) is 3. The molecule has 0 atom stereocenters. The molecular formula is C18H16BrF3N2O3S. The van der Waals surface area contributed by atoms with Crippen LogP contribution in [0.1, 0.15) is 15.9 Å². The molecule has 0 aliphatic carbocycles. The number of alkyl halides is 3. The lowest BCUT2D eigenvalue weighted by Gasteiger charge is -2.34. The average Bonchev–Trinajstić information content (AvgIpc) is 2.67. The number of benzene rings is 2. The van der Waals surface area contributed by atoms with E-state index in [1.54, 1.807) is 12.1 Å². The first-order valence-corrected chi connectivity index (χ1v) is 10.5. The molecule has 10 heteroatoms. The van der Waals surface area contributed by atoms with Crippen LogP contribution in [0.5, 0.6) is 0 Å². The number of piperazine rings is 1. The van der Waals surface area contributed by atoms with Gasteiger partial charge in [-0.25, -0.2) is 8.42 Å². The van der Waals surface area contributed by atoms with Gasteiger partial charge in [-0.1, -0.05) is 28.1 Å². The summed E-state index contributed by atoms with van der Waals surface area (Å²) < 4.78 is 65.9. The lowest BCUT2D eigenvalue weighted by atomic mass is 10.1. The Morgan fingerprint density at radius 3 is 2.21 bits per heavy atom. The van der Waals surface area contributed by atoms with Gasteiger partial charge in [0.2, 0.25) is 10.0 Å². The van der Waals surface area contributed by atoms with Gasteiger partial charge >= 0.3 is 6.18 Å². The Labute approximate surface area is 168 Å². The van der Waals surface area contributed by atoms with Crippen molar-refractivity contribution in [1.29, 1.82) is 0 Å². The van der Waals surface area contributed by atoms with E-state index in [0.717, 1.165) is 12.1 Å². The first-order valence-electron chi connectivity index (χ1n) is 8.31. The highest BCUT2D eigenvalue weighted by molar-refractivity contribution is 9.10. The summed E-state index contributed by atoms with van der Waals surface area (Å²) >= 11 is 3.24. The van der Waals surface area contributed by atoms with Gasteiger partial charge in [-0.05, 0) is 36.4 Å². The maximum absolute atomic E-state index is 12.8. The van der Waals surface area contributed by atoms with Gasteiger partial charge in [0.05, 0.1) is 10.5 Å². The predicted octanol–water partition coefficient (Wildman–Crippen LogP) is 3.61. The molecular weight excluding hydrogens is 461 g/mol. The third-order valence-corrected chi connectivity index (χ3v) is 6.78. The van der Waals surface area contributed by atoms with Gasteiger partial charge in [0.1, 0.15) is 0 Å². The molecule has 0 aromatic heterocycles. The number of sulfonamides is 1. The molecule has 28 heavy (non-hydrogen) atoms. The van der Waals surface area contributed by atoms with Gasteiger partial charge in [0.25, 0.3) is 5.91 Å². The van der Waals surface area contributed by atoms with Gasteiger partial charge in [-0.3, -0.25) is 4.79 Å². The van der Waals surface area contributed by atoms with Crippen LogP contribution in [0, 0.1) is 0 Å². The zero-order valence-electron chi connectivity index (χ0n) is 14.5. The van der Waals surface area contributed by atoms with Crippen LogP contribution < -0.4 is 0 Å². The third kappa shape index (κ3) is 4.39. The molecule has 0 spiro atoms. The maximum Gasteiger partial charge on any atom is 0.416 e. The van der Waals surface area contributed by atoms with Crippen LogP contribution in [-0.4, -0.2) is 49.7 Å². The van der Waals surface area contributed by atoms with Crippen LogP contribution in [0.4, 0.5) is 13.2 Å². The Morgan fingerprint density at radius 2 is 1.61 bits per heavy atom. The molecule has 150 valence electrons. The quantitative estimate of drug-likeness (QED) is 0.679. The van der Waals surface area contributed by atoms with E-state index in [-0.39, 0.29) is 36.6 Å². The topological polar surface area (TPSA) is 57.7 Å². The number of rotatable bonds is 3. The number of nitrogens with zero attached hydrogens (tertiary/aromatic N) is 2. The van der Waals surface area contributed by atoms with E-state index in [1.807, 2.05) is 0 Å². The molecule has 0 radical (unpaired) electrons. The second-order valence-corrected chi connectivity index (χ2v) is 9.09. The van der Waals surface area contributed by atoms with E-state index in [1.165, 1.54) is 33.5 Å². The minimum Gasteiger partial charge on any atom is -0.336 e. The van der Waals surface area contributed by atoms with Gasteiger partial charge in [-0.2, -0.15) is 17.5 Å². The maximum atomic E-state index is 12.8. The molecule has 2 aromatic rings. The van der Waals surface area contributed by atoms with E-state index in [9.17, 15) is 26.4 Å². The highest BCUT2D eigenvalue weighted by Gasteiger charge is 2.33. The molecule has 0 unspecified atom stereocenters. The van der Waals surface area contributed by atoms with Crippen molar-refractivity contribution in [2.45, 2.75) is 11.1 Å². The van der Waals surface area contributed by atoms with E-state index in [0.29, 0.717) is 4.47 Å². The van der Waals surface area contributed by atoms with Crippen molar-refractivity contribution >= 4 is 31.9 Å². The number of halogens is 4. The fourth-order valence-electron chi connectivity index (χ4n) is 2.92. The third-order valence-electron chi connectivity index (χ3n) is 4.40. The zero-order valence-corrected chi connectivity index (χ0v) is 16.9. The van der Waals surface area contributed by atoms with Crippen LogP contribution in [0.25, 0.3) is 0 Å². The molecule has 1 fully saturated rings. The summed E-state index contributed by atoms with van der Waals surface area (Å²) in [4.78, 5) is 14.0. The van der Waals surface area contributed by atoms with Crippen molar-refractivity contribution < 1.29 is 26.4 Å². The summed E-state index contributed by atoms with van der Waals surface area (Å²) in [5.74, 6) is -0.550. The van der Waals surface area contributed by atoms with Crippen LogP contribution in [0.15, 0.2) is 57.9 Å². The van der Waals surface area contributed by atoms with Crippen molar-refractivity contribution in [3.05, 3.63) is 64.1 Å². The van der Waals surface area contributed by atoms with E-state index < -0.39 is 27.7 Å². The smallest absolute Gasteiger partial charge is 0.336 e. The normalized spacial score (nSPS) is 16.2. The number of hydrogen-bond donors (Lipinski definition) is 0. The number of carbonyl (C=O) groups excluding carboxylic acids is 1. The summed E-state index contributed by atoms with van der Waals surface area (Å²) in [6, 6.07) is 10.5. The Kier molecular flexibility index (Phi) is 5.83. The molecule has 5 nitrogen and oxygen atoms in total. The SMILES string of the molecule is O=C(c1cccc(C(F)(F)F)c1)N1CCN(S(=O)(=O)c2cccc(Br)c2)CC1. The lowest BCUT2D eigenvalue weighted by Crippen LogP contribution is -2.50. The molecule has 1 aliphatic heterocycles. The molecule has 0 bridgehead atoms. The van der Waals surface area contributed by atoms with Crippen LogP contribution >= 0.6 is 15.9 Å². The molecule has 1 aliphatic rings. The van der Waals surface area contributed by atoms with Crippen LogP contribution in [0.3, 0.4) is 0 Å². The lowest BCUT2D eigenvalue weighted by molar-refractivity contribution is -0.137. The predicted molar refractivity (Wildman–Crippen MR) is 100 cm³/mol. The van der Waals surface area contributed by atoms with E-state index in [4.69, 9.17) is 0 Å². The Bertz CT molecular complexity index is 988. The summed E-state index contributed by atoms with van der Waals surface area (Å²) in [6.07, 6.45) is -4.53. The summed E-state index contributed by atoms with van der Waals surface area (Å²) in [5, 5.41) is 0. The average molecular weight is 477 g/mol. The summed E-state index contributed by atoms with van der Waals surface area (Å²) in [6.45, 7) is 0.337. The monoisotopic (exact) mass is 476 g/mol. The Morgan fingerprint density at radius 1 is 0.964 bits per heavy atom. The van der Waals surface area contributed by atoms with Crippen molar-refractivity contribution in [2.75, 3.05) is 26.2 Å². The second kappa shape index (κ2) is 7.84. The van der Waals surface area contributed by atoms with Crippen LogP contribution in [0.2, 0.25) is 0 Å². The first-order chi connectivity index (χ1) is 13.1. The fraction of sp³-hybridized carbons (Fsp3) is 0.278. The molecule has 1 saturated heterocycles. The zero-order chi connectivity index (χ0) is 20.5. The van der Waals surface area contributed by atoms with Gasteiger partial charge in [0.15, 0.2) is 0 Å². The number of carbonyl (C=O) groups is 1. The molecule has 2 aromatic carbocycles. The first kappa shape index (κ1) is 20.8. The summed E-state index contributed by atoms with van der Waals surface area (Å²) in [5.41, 5.74) is -0.965. The minimum atomic E-state index is -4.53. The second-order valence-electron chi connectivity index (χ2n) is 6.23. The molecule has 3 rings (SSSR count). The molecule has 1 amide bonds. The molecule has 0 N–H and O–H groups in total. The van der Waals surface area contributed by atoms with Crippen molar-refractivity contribution in [3.63, 3.8) is 0 Å². The van der Waals surface area contributed by atoms with Crippen LogP contribution in [-0.2, 0) is 16.2 Å². The van der Waals surface area contributed by atoms with Crippen molar-refractivity contribution in [3.8, 4) is 0 Å². The molecule has 1 heterocycles. The van der Waals surface area contributed by atoms with Gasteiger partial charge in [0, 0.05) is 36.2 Å². The fourth-order valence-corrected chi connectivity index (χ4v) is 4.94.